The van der Waals surface area contributed by atoms with Gasteiger partial charge in [-0.2, -0.15) is 0 Å². The normalized spacial score (nSPS) is 26.9. The number of hydrogen-bond donors (Lipinski definition) is 1. The summed E-state index contributed by atoms with van der Waals surface area (Å²) in [6, 6.07) is 4.70. The number of aliphatic hydroxyl groups excluding tert-OH is 1. The Labute approximate surface area is 142 Å². The molecule has 2 atom stereocenters. The maximum Gasteiger partial charge on any atom is 0.131 e. The standard InChI is InChI=1S/C16H23Cl2N3O/c17-15-7-12(8-16(18)19-15)9-20-5-1-3-13(20)10-21-6-2-4-14(21)11-22/h7-8,13-14,22H,1-6,9-11H2. The van der Waals surface area contributed by atoms with E-state index in [1.807, 2.05) is 12.1 Å². The van der Waals surface area contributed by atoms with E-state index in [2.05, 4.69) is 14.8 Å². The molecule has 6 heteroatoms. The highest BCUT2D eigenvalue weighted by Gasteiger charge is 2.31. The van der Waals surface area contributed by atoms with Crippen LogP contribution in [0.15, 0.2) is 12.1 Å². The van der Waals surface area contributed by atoms with Gasteiger partial charge in [-0.1, -0.05) is 23.2 Å². The molecule has 1 aromatic heterocycles. The molecule has 1 N–H and O–H groups in total. The van der Waals surface area contributed by atoms with Crippen LogP contribution in [0.1, 0.15) is 31.2 Å². The van der Waals surface area contributed by atoms with E-state index in [0.29, 0.717) is 22.4 Å². The molecule has 4 nitrogen and oxygen atoms in total. The molecule has 0 spiro atoms. The van der Waals surface area contributed by atoms with Crippen LogP contribution in [0.4, 0.5) is 0 Å². The number of rotatable bonds is 5. The zero-order chi connectivity index (χ0) is 15.5. The first-order valence-electron chi connectivity index (χ1n) is 8.06. The smallest absolute Gasteiger partial charge is 0.131 e. The van der Waals surface area contributed by atoms with Gasteiger partial charge in [0.2, 0.25) is 0 Å². The van der Waals surface area contributed by atoms with E-state index in [-0.39, 0.29) is 6.61 Å². The minimum atomic E-state index is 0.280. The molecule has 2 unspecified atom stereocenters. The summed E-state index contributed by atoms with van der Waals surface area (Å²) in [6.07, 6.45) is 4.78. The third-order valence-corrected chi connectivity index (χ3v) is 5.25. The van der Waals surface area contributed by atoms with Crippen molar-refractivity contribution in [1.82, 2.24) is 14.8 Å². The van der Waals surface area contributed by atoms with Gasteiger partial charge in [-0.3, -0.25) is 9.80 Å². The molecule has 3 rings (SSSR count). The molecule has 0 amide bonds. The van der Waals surface area contributed by atoms with Gasteiger partial charge in [0.05, 0.1) is 6.61 Å². The van der Waals surface area contributed by atoms with E-state index >= 15 is 0 Å². The van der Waals surface area contributed by atoms with E-state index in [9.17, 15) is 5.11 Å². The molecule has 22 heavy (non-hydrogen) atoms. The predicted octanol–water partition coefficient (Wildman–Crippen LogP) is 2.81. The Hall–Kier alpha value is -0.390. The van der Waals surface area contributed by atoms with Crippen LogP contribution in [0.5, 0.6) is 0 Å². The fraction of sp³-hybridized carbons (Fsp3) is 0.688. The predicted molar refractivity (Wildman–Crippen MR) is 89.4 cm³/mol. The Morgan fingerprint density at radius 2 is 1.68 bits per heavy atom. The van der Waals surface area contributed by atoms with Gasteiger partial charge in [-0.15, -0.1) is 0 Å². The van der Waals surface area contributed by atoms with E-state index < -0.39 is 0 Å². The molecule has 2 aliphatic rings. The lowest BCUT2D eigenvalue weighted by molar-refractivity contribution is 0.120. The second kappa shape index (κ2) is 7.45. The number of nitrogens with zero attached hydrogens (tertiary/aromatic N) is 3. The molecular formula is C16H23Cl2N3O. The second-order valence-electron chi connectivity index (χ2n) is 6.36. The average Bonchev–Trinajstić information content (AvgIpc) is 3.08. The van der Waals surface area contributed by atoms with Crippen LogP contribution in [-0.2, 0) is 6.54 Å². The van der Waals surface area contributed by atoms with Crippen molar-refractivity contribution in [1.29, 1.82) is 0 Å². The fourth-order valence-corrected chi connectivity index (χ4v) is 4.27. The van der Waals surface area contributed by atoms with Crippen LogP contribution in [0.25, 0.3) is 0 Å². The summed E-state index contributed by atoms with van der Waals surface area (Å²) in [4.78, 5) is 8.97. The van der Waals surface area contributed by atoms with Gasteiger partial charge in [0.1, 0.15) is 10.3 Å². The first-order chi connectivity index (χ1) is 10.7. The van der Waals surface area contributed by atoms with Crippen LogP contribution >= 0.6 is 23.2 Å². The summed E-state index contributed by atoms with van der Waals surface area (Å²) in [7, 11) is 0. The van der Waals surface area contributed by atoms with Gasteiger partial charge < -0.3 is 5.11 Å². The zero-order valence-corrected chi connectivity index (χ0v) is 14.2. The van der Waals surface area contributed by atoms with Gasteiger partial charge in [-0.25, -0.2) is 4.98 Å². The van der Waals surface area contributed by atoms with Crippen molar-refractivity contribution in [3.05, 3.63) is 28.0 Å². The van der Waals surface area contributed by atoms with Crippen molar-refractivity contribution >= 4 is 23.2 Å². The largest absolute Gasteiger partial charge is 0.395 e. The molecule has 0 radical (unpaired) electrons. The Kier molecular flexibility index (Phi) is 5.58. The minimum Gasteiger partial charge on any atom is -0.395 e. The second-order valence-corrected chi connectivity index (χ2v) is 7.14. The van der Waals surface area contributed by atoms with Crippen molar-refractivity contribution in [2.24, 2.45) is 0 Å². The molecule has 0 aromatic carbocycles. The van der Waals surface area contributed by atoms with E-state index in [1.165, 1.54) is 19.3 Å². The summed E-state index contributed by atoms with van der Waals surface area (Å²) < 4.78 is 0. The number of aliphatic hydroxyl groups is 1. The lowest BCUT2D eigenvalue weighted by atomic mass is 10.1. The fourth-order valence-electron chi connectivity index (χ4n) is 3.76. The summed E-state index contributed by atoms with van der Waals surface area (Å²) in [6.45, 7) is 4.42. The van der Waals surface area contributed by atoms with Crippen LogP contribution in [0, 0.1) is 0 Å². The highest BCUT2D eigenvalue weighted by Crippen LogP contribution is 2.25. The Bertz CT molecular complexity index is 494. The van der Waals surface area contributed by atoms with Crippen molar-refractivity contribution in [2.75, 3.05) is 26.2 Å². The van der Waals surface area contributed by atoms with Crippen LogP contribution in [0.3, 0.4) is 0 Å². The van der Waals surface area contributed by atoms with Crippen molar-refractivity contribution in [3.63, 3.8) is 0 Å². The molecule has 1 aromatic rings. The van der Waals surface area contributed by atoms with E-state index in [0.717, 1.165) is 38.2 Å². The van der Waals surface area contributed by atoms with E-state index in [1.54, 1.807) is 0 Å². The number of likely N-dealkylation sites (tertiary alicyclic amines) is 2. The first-order valence-corrected chi connectivity index (χ1v) is 8.82. The average molecular weight is 344 g/mol. The lowest BCUT2D eigenvalue weighted by Gasteiger charge is -2.31. The number of halogens is 2. The number of hydrogen-bond acceptors (Lipinski definition) is 4. The van der Waals surface area contributed by atoms with Gasteiger partial charge >= 0.3 is 0 Å². The maximum atomic E-state index is 9.48. The Morgan fingerprint density at radius 1 is 1.05 bits per heavy atom. The molecule has 2 aliphatic heterocycles. The highest BCUT2D eigenvalue weighted by atomic mass is 35.5. The quantitative estimate of drug-likeness (QED) is 0.834. The molecule has 122 valence electrons. The molecular weight excluding hydrogens is 321 g/mol. The molecule has 0 saturated carbocycles. The van der Waals surface area contributed by atoms with Crippen LogP contribution in [0.2, 0.25) is 10.3 Å². The molecule has 0 aliphatic carbocycles. The molecule has 0 bridgehead atoms. The monoisotopic (exact) mass is 343 g/mol. The van der Waals surface area contributed by atoms with Crippen molar-refractivity contribution < 1.29 is 5.11 Å². The summed E-state index contributed by atoms with van der Waals surface area (Å²) >= 11 is 12.0. The third kappa shape index (κ3) is 3.92. The topological polar surface area (TPSA) is 39.6 Å². The van der Waals surface area contributed by atoms with Crippen LogP contribution in [-0.4, -0.2) is 58.2 Å². The summed E-state index contributed by atoms with van der Waals surface area (Å²) in [5.74, 6) is 0. The lowest BCUT2D eigenvalue weighted by Crippen LogP contribution is -2.43. The number of pyridine rings is 1. The summed E-state index contributed by atoms with van der Waals surface area (Å²) in [5.41, 5.74) is 1.12. The first kappa shape index (κ1) is 16.5. The van der Waals surface area contributed by atoms with E-state index in [4.69, 9.17) is 23.2 Å². The summed E-state index contributed by atoms with van der Waals surface area (Å²) in [5, 5.41) is 10.4. The van der Waals surface area contributed by atoms with Gasteiger partial charge in [-0.05, 0) is 56.5 Å². The van der Waals surface area contributed by atoms with Gasteiger partial charge in [0.15, 0.2) is 0 Å². The Morgan fingerprint density at radius 3 is 2.36 bits per heavy atom. The SMILES string of the molecule is OCC1CCCN1CC1CCCN1Cc1cc(Cl)nc(Cl)c1. The maximum absolute atomic E-state index is 9.48. The van der Waals surface area contributed by atoms with Crippen LogP contribution < -0.4 is 0 Å². The van der Waals surface area contributed by atoms with Crippen molar-refractivity contribution in [3.8, 4) is 0 Å². The Balaban J connectivity index is 1.63. The van der Waals surface area contributed by atoms with Crippen molar-refractivity contribution in [2.45, 2.75) is 44.3 Å². The van der Waals surface area contributed by atoms with Gasteiger partial charge in [0.25, 0.3) is 0 Å². The number of aromatic nitrogens is 1. The van der Waals surface area contributed by atoms with Gasteiger partial charge in [0, 0.05) is 25.2 Å². The third-order valence-electron chi connectivity index (χ3n) is 4.86. The molecule has 2 fully saturated rings. The highest BCUT2D eigenvalue weighted by molar-refractivity contribution is 6.32. The molecule has 2 saturated heterocycles. The minimum absolute atomic E-state index is 0.280. The zero-order valence-electron chi connectivity index (χ0n) is 12.7. The molecule has 3 heterocycles.